The molecule has 1 aromatic heterocycles. The van der Waals surface area contributed by atoms with Crippen molar-refractivity contribution in [2.75, 3.05) is 18.8 Å². The van der Waals surface area contributed by atoms with E-state index in [0.29, 0.717) is 12.3 Å². The Morgan fingerprint density at radius 3 is 2.75 bits per heavy atom. The van der Waals surface area contributed by atoms with Crippen LogP contribution in [0.25, 0.3) is 5.57 Å². The third kappa shape index (κ3) is 4.27. The zero-order chi connectivity index (χ0) is 19.3. The number of amides is 1. The lowest BCUT2D eigenvalue weighted by Crippen LogP contribution is -2.38. The lowest BCUT2D eigenvalue weighted by molar-refractivity contribution is -0.131. The van der Waals surface area contributed by atoms with Crippen molar-refractivity contribution in [1.82, 2.24) is 9.88 Å². The zero-order valence-electron chi connectivity index (χ0n) is 16.4. The van der Waals surface area contributed by atoms with Crippen molar-refractivity contribution in [3.63, 3.8) is 0 Å². The minimum atomic E-state index is 0.205. The molecule has 0 radical (unpaired) electrons. The van der Waals surface area contributed by atoms with Crippen molar-refractivity contribution in [3.8, 4) is 0 Å². The highest BCUT2D eigenvalue weighted by atomic mass is 16.2. The van der Waals surface area contributed by atoms with Crippen LogP contribution in [0.3, 0.4) is 0 Å². The molecule has 4 rings (SSSR count). The zero-order valence-corrected chi connectivity index (χ0v) is 16.4. The Bertz CT molecular complexity index is 851. The third-order valence-corrected chi connectivity index (χ3v) is 6.11. The SMILES string of the molecule is Nc1ccc(C2CCN(C(=O)Cc3cccnc3)CC2)cc1C1=CCCCC1. The molecule has 0 spiro atoms. The van der Waals surface area contributed by atoms with E-state index in [1.54, 1.807) is 12.4 Å². The van der Waals surface area contributed by atoms with E-state index in [9.17, 15) is 4.79 Å². The van der Waals surface area contributed by atoms with E-state index in [1.165, 1.54) is 29.5 Å². The molecule has 1 fully saturated rings. The number of nitrogens with two attached hydrogens (primary N) is 1. The highest BCUT2D eigenvalue weighted by molar-refractivity contribution is 5.79. The molecule has 0 bridgehead atoms. The molecule has 1 aliphatic heterocycles. The molecule has 0 saturated carbocycles. The highest BCUT2D eigenvalue weighted by Gasteiger charge is 2.24. The van der Waals surface area contributed by atoms with Gasteiger partial charge in [0.1, 0.15) is 0 Å². The average Bonchev–Trinajstić information content (AvgIpc) is 2.75. The predicted molar refractivity (Wildman–Crippen MR) is 114 cm³/mol. The number of allylic oxidation sites excluding steroid dienone is 2. The van der Waals surface area contributed by atoms with Crippen LogP contribution in [-0.4, -0.2) is 28.9 Å². The van der Waals surface area contributed by atoms with Crippen molar-refractivity contribution in [1.29, 1.82) is 0 Å². The average molecular weight is 376 g/mol. The molecule has 146 valence electrons. The van der Waals surface area contributed by atoms with Gasteiger partial charge in [-0.25, -0.2) is 0 Å². The first-order valence-corrected chi connectivity index (χ1v) is 10.5. The van der Waals surface area contributed by atoms with E-state index in [4.69, 9.17) is 5.73 Å². The van der Waals surface area contributed by atoms with Gasteiger partial charge >= 0.3 is 0 Å². The maximum absolute atomic E-state index is 12.6. The van der Waals surface area contributed by atoms with Crippen LogP contribution in [0.4, 0.5) is 5.69 Å². The van der Waals surface area contributed by atoms with E-state index in [-0.39, 0.29) is 5.91 Å². The van der Waals surface area contributed by atoms with Gasteiger partial charge in [0.2, 0.25) is 5.91 Å². The Hall–Kier alpha value is -2.62. The first-order valence-electron chi connectivity index (χ1n) is 10.5. The predicted octanol–water partition coefficient (Wildman–Crippen LogP) is 4.57. The van der Waals surface area contributed by atoms with Crippen molar-refractivity contribution in [2.24, 2.45) is 0 Å². The molecule has 2 aromatic rings. The summed E-state index contributed by atoms with van der Waals surface area (Å²) in [7, 11) is 0. The smallest absolute Gasteiger partial charge is 0.227 e. The van der Waals surface area contributed by atoms with E-state index in [0.717, 1.165) is 50.0 Å². The summed E-state index contributed by atoms with van der Waals surface area (Å²) in [6.07, 6.45) is 13.2. The largest absolute Gasteiger partial charge is 0.398 e. The molecule has 0 unspecified atom stereocenters. The topological polar surface area (TPSA) is 59.2 Å². The van der Waals surface area contributed by atoms with Gasteiger partial charge in [0.25, 0.3) is 0 Å². The molecule has 2 heterocycles. The molecule has 1 amide bonds. The second kappa shape index (κ2) is 8.59. The van der Waals surface area contributed by atoms with E-state index in [1.807, 2.05) is 17.0 Å². The Kier molecular flexibility index (Phi) is 5.75. The fourth-order valence-electron chi connectivity index (χ4n) is 4.44. The lowest BCUT2D eigenvalue weighted by Gasteiger charge is -2.32. The number of nitrogen functional groups attached to an aromatic ring is 1. The summed E-state index contributed by atoms with van der Waals surface area (Å²) < 4.78 is 0. The Morgan fingerprint density at radius 1 is 1.18 bits per heavy atom. The second-order valence-electron chi connectivity index (χ2n) is 8.01. The van der Waals surface area contributed by atoms with Gasteiger partial charge in [0.05, 0.1) is 6.42 Å². The van der Waals surface area contributed by atoms with Crippen molar-refractivity contribution in [3.05, 3.63) is 65.5 Å². The minimum absolute atomic E-state index is 0.205. The van der Waals surface area contributed by atoms with Crippen molar-refractivity contribution < 1.29 is 4.79 Å². The summed E-state index contributed by atoms with van der Waals surface area (Å²) in [5.41, 5.74) is 12.2. The number of nitrogens with zero attached hydrogens (tertiary/aromatic N) is 2. The molecule has 1 aliphatic carbocycles. The molecule has 1 saturated heterocycles. The molecular formula is C24H29N3O. The molecule has 2 aliphatic rings. The maximum atomic E-state index is 12.6. The second-order valence-corrected chi connectivity index (χ2v) is 8.01. The number of benzene rings is 1. The third-order valence-electron chi connectivity index (χ3n) is 6.11. The Morgan fingerprint density at radius 2 is 2.04 bits per heavy atom. The molecule has 28 heavy (non-hydrogen) atoms. The molecule has 4 nitrogen and oxygen atoms in total. The van der Waals surface area contributed by atoms with Gasteiger partial charge in [-0.05, 0) is 79.3 Å². The van der Waals surface area contributed by atoms with Crippen LogP contribution in [0, 0.1) is 0 Å². The number of hydrogen-bond acceptors (Lipinski definition) is 3. The first kappa shape index (κ1) is 18.7. The van der Waals surface area contributed by atoms with Crippen molar-refractivity contribution in [2.45, 2.75) is 50.9 Å². The minimum Gasteiger partial charge on any atom is -0.398 e. The van der Waals surface area contributed by atoms with Gasteiger partial charge in [-0.1, -0.05) is 18.2 Å². The van der Waals surface area contributed by atoms with E-state index in [2.05, 4.69) is 29.3 Å². The van der Waals surface area contributed by atoms with Gasteiger partial charge in [0, 0.05) is 36.7 Å². The summed E-state index contributed by atoms with van der Waals surface area (Å²) in [6, 6.07) is 10.4. The molecule has 4 heteroatoms. The lowest BCUT2D eigenvalue weighted by atomic mass is 9.85. The summed E-state index contributed by atoms with van der Waals surface area (Å²) >= 11 is 0. The number of rotatable bonds is 4. The normalized spacial score (nSPS) is 18.0. The fraction of sp³-hybridized carbons (Fsp3) is 0.417. The standard InChI is InChI=1S/C24H29N3O/c25-23-9-8-21(16-22(23)20-6-2-1-3-7-20)19-10-13-27(14-11-19)24(28)15-18-5-4-12-26-17-18/h4-6,8-9,12,16-17,19H,1-3,7,10-11,13-15,25H2. The van der Waals surface area contributed by atoms with Crippen LogP contribution in [-0.2, 0) is 11.2 Å². The molecular weight excluding hydrogens is 346 g/mol. The number of anilines is 1. The van der Waals surface area contributed by atoms with Gasteiger partial charge in [0.15, 0.2) is 0 Å². The van der Waals surface area contributed by atoms with Crippen LogP contribution >= 0.6 is 0 Å². The van der Waals surface area contributed by atoms with Crippen LogP contribution in [0.5, 0.6) is 0 Å². The van der Waals surface area contributed by atoms with Gasteiger partial charge < -0.3 is 10.6 Å². The first-order chi connectivity index (χ1) is 13.7. The summed E-state index contributed by atoms with van der Waals surface area (Å²) in [4.78, 5) is 18.7. The number of carbonyl (C=O) groups excluding carboxylic acids is 1. The van der Waals surface area contributed by atoms with Crippen LogP contribution in [0.2, 0.25) is 0 Å². The number of aromatic nitrogens is 1. The van der Waals surface area contributed by atoms with Gasteiger partial charge in [-0.15, -0.1) is 0 Å². The summed E-state index contributed by atoms with van der Waals surface area (Å²) in [5, 5.41) is 0. The molecule has 1 aromatic carbocycles. The number of carbonyl (C=O) groups is 1. The van der Waals surface area contributed by atoms with Crippen molar-refractivity contribution >= 4 is 17.2 Å². The maximum Gasteiger partial charge on any atom is 0.227 e. The quantitative estimate of drug-likeness (QED) is 0.796. The summed E-state index contributed by atoms with van der Waals surface area (Å²) in [5.74, 6) is 0.711. The van der Waals surface area contributed by atoms with Crippen LogP contribution < -0.4 is 5.73 Å². The Balaban J connectivity index is 1.40. The highest BCUT2D eigenvalue weighted by Crippen LogP contribution is 2.35. The van der Waals surface area contributed by atoms with Crippen LogP contribution in [0.1, 0.15) is 61.1 Å². The van der Waals surface area contributed by atoms with Crippen LogP contribution in [0.15, 0.2) is 48.8 Å². The molecule has 2 N–H and O–H groups in total. The fourth-order valence-corrected chi connectivity index (χ4v) is 4.44. The number of likely N-dealkylation sites (tertiary alicyclic amines) is 1. The monoisotopic (exact) mass is 375 g/mol. The van der Waals surface area contributed by atoms with E-state index >= 15 is 0 Å². The Labute approximate surface area is 167 Å². The van der Waals surface area contributed by atoms with Gasteiger partial charge in [-0.2, -0.15) is 0 Å². The number of hydrogen-bond donors (Lipinski definition) is 1. The summed E-state index contributed by atoms with van der Waals surface area (Å²) in [6.45, 7) is 1.65. The number of piperidine rings is 1. The van der Waals surface area contributed by atoms with Gasteiger partial charge in [-0.3, -0.25) is 9.78 Å². The molecule has 0 atom stereocenters. The number of pyridine rings is 1. The van der Waals surface area contributed by atoms with E-state index < -0.39 is 0 Å².